The number of cyclic esters (lactones) is 1. The number of esters is 1. The minimum absolute atomic E-state index is 0.173. The monoisotopic (exact) mass is 770 g/mol. The van der Waals surface area contributed by atoms with Gasteiger partial charge in [-0.3, -0.25) is 24.4 Å². The molecule has 2 amide bonds. The van der Waals surface area contributed by atoms with Gasteiger partial charge in [-0.15, -0.1) is 11.3 Å². The SMILES string of the molecule is CCn1c(-c2cccnc2[C@H](C)OC)c2c3cc(ccc31)-c1csc(n1)C[C@H](NC(=O)C1CCC(C)(O)CC1)C(=O)N1CCC[C@H](N1)C(=O)OCC(C)(C)C2. The van der Waals surface area contributed by atoms with Gasteiger partial charge in [-0.25, -0.2) is 10.4 Å². The number of thiazole rings is 1. The fourth-order valence-corrected chi connectivity index (χ4v) is 9.21. The van der Waals surface area contributed by atoms with Crippen LogP contribution in [0.5, 0.6) is 0 Å². The van der Waals surface area contributed by atoms with E-state index >= 15 is 0 Å². The van der Waals surface area contributed by atoms with E-state index in [4.69, 9.17) is 19.4 Å². The molecular formula is C42H54N6O6S. The molecule has 6 bridgehead atoms. The van der Waals surface area contributed by atoms with Crippen LogP contribution in [0.25, 0.3) is 33.4 Å². The molecule has 1 aliphatic carbocycles. The molecule has 4 aromatic rings. The van der Waals surface area contributed by atoms with Gasteiger partial charge in [0.2, 0.25) is 5.91 Å². The number of carbonyl (C=O) groups is 3. The molecule has 1 saturated carbocycles. The second-order valence-corrected chi connectivity index (χ2v) is 17.5. The van der Waals surface area contributed by atoms with Crippen LogP contribution in [0.3, 0.4) is 0 Å². The number of hydrogen-bond donors (Lipinski definition) is 3. The molecule has 3 N–H and O–H groups in total. The maximum Gasteiger partial charge on any atom is 0.324 e. The number of carbonyl (C=O) groups excluding carboxylic acids is 3. The number of pyridine rings is 1. The van der Waals surface area contributed by atoms with E-state index < -0.39 is 29.1 Å². The van der Waals surface area contributed by atoms with Crippen LogP contribution in [0.15, 0.2) is 41.9 Å². The van der Waals surface area contributed by atoms with Gasteiger partial charge in [0.05, 0.1) is 40.4 Å². The first-order valence-electron chi connectivity index (χ1n) is 19.6. The van der Waals surface area contributed by atoms with Crippen LogP contribution in [0.1, 0.15) is 95.5 Å². The Kier molecular flexibility index (Phi) is 11.2. The standard InChI is InChI=1S/C42H54N6O6S/c1-7-47-34-13-12-27-20-29(34)30(37(47)28-10-8-18-43-36(28)25(2)53-6)22-41(3,4)24-54-40(51)31-11-9-19-48(46-31)39(50)32(21-35-44-33(27)23-55-35)45-38(49)26-14-16-42(5,52)17-15-26/h8,10,12-13,18,20,23,25-26,31-32,46,52H,7,9,11,14-17,19,21-22,24H2,1-6H3,(H,45,49)/t25-,26?,31-,32-,42?/m0/s1. The number of aliphatic hydroxyl groups is 1. The van der Waals surface area contributed by atoms with Crippen LogP contribution < -0.4 is 10.7 Å². The lowest BCUT2D eigenvalue weighted by Gasteiger charge is -2.36. The Morgan fingerprint density at radius 1 is 1.18 bits per heavy atom. The summed E-state index contributed by atoms with van der Waals surface area (Å²) in [5.74, 6) is -1.22. The Bertz CT molecular complexity index is 2060. The van der Waals surface area contributed by atoms with Crippen LogP contribution in [-0.4, -0.2) is 80.4 Å². The molecule has 294 valence electrons. The Morgan fingerprint density at radius 2 is 1.96 bits per heavy atom. The van der Waals surface area contributed by atoms with Crippen molar-refractivity contribution in [3.8, 4) is 22.5 Å². The Morgan fingerprint density at radius 3 is 2.71 bits per heavy atom. The first-order chi connectivity index (χ1) is 26.3. The highest BCUT2D eigenvalue weighted by molar-refractivity contribution is 7.10. The van der Waals surface area contributed by atoms with E-state index in [1.807, 2.05) is 18.4 Å². The minimum Gasteiger partial charge on any atom is -0.464 e. The molecule has 1 aromatic carbocycles. The van der Waals surface area contributed by atoms with Crippen molar-refractivity contribution in [3.05, 3.63) is 58.2 Å². The van der Waals surface area contributed by atoms with Gasteiger partial charge in [-0.05, 0) is 95.5 Å². The van der Waals surface area contributed by atoms with Crippen LogP contribution in [0, 0.1) is 11.3 Å². The summed E-state index contributed by atoms with van der Waals surface area (Å²) in [4.78, 5) is 51.4. The number of hydrazine groups is 1. The third-order valence-electron chi connectivity index (χ3n) is 11.6. The zero-order valence-corrected chi connectivity index (χ0v) is 33.6. The highest BCUT2D eigenvalue weighted by Crippen LogP contribution is 2.42. The van der Waals surface area contributed by atoms with Crippen LogP contribution >= 0.6 is 11.3 Å². The number of hydrogen-bond acceptors (Lipinski definition) is 10. The largest absolute Gasteiger partial charge is 0.464 e. The van der Waals surface area contributed by atoms with Gasteiger partial charge >= 0.3 is 5.97 Å². The maximum atomic E-state index is 14.2. The van der Waals surface area contributed by atoms with Gasteiger partial charge in [0.1, 0.15) is 12.1 Å². The number of nitrogens with one attached hydrogen (secondary N) is 2. The molecule has 13 heteroatoms. The summed E-state index contributed by atoms with van der Waals surface area (Å²) in [6.07, 6.45) is 5.67. The van der Waals surface area contributed by atoms with Crippen molar-refractivity contribution >= 4 is 40.0 Å². The lowest BCUT2D eigenvalue weighted by Crippen LogP contribution is -2.61. The van der Waals surface area contributed by atoms with Crippen molar-refractivity contribution < 1.29 is 29.0 Å². The molecule has 2 aliphatic heterocycles. The Hall–Kier alpha value is -4.17. The summed E-state index contributed by atoms with van der Waals surface area (Å²) >= 11 is 1.46. The summed E-state index contributed by atoms with van der Waals surface area (Å²) in [6.45, 7) is 11.5. The molecule has 2 fully saturated rings. The molecule has 0 radical (unpaired) electrons. The summed E-state index contributed by atoms with van der Waals surface area (Å²) in [6, 6.07) is 8.90. The van der Waals surface area contributed by atoms with Crippen LogP contribution in [-0.2, 0) is 43.2 Å². The summed E-state index contributed by atoms with van der Waals surface area (Å²) < 4.78 is 14.2. The topological polar surface area (TPSA) is 148 Å². The Labute approximate surface area is 327 Å². The smallest absolute Gasteiger partial charge is 0.324 e. The second kappa shape index (κ2) is 15.8. The van der Waals surface area contributed by atoms with Crippen molar-refractivity contribution in [1.82, 2.24) is 30.3 Å². The van der Waals surface area contributed by atoms with Crippen molar-refractivity contribution in [1.29, 1.82) is 0 Å². The highest BCUT2D eigenvalue weighted by atomic mass is 32.1. The van der Waals surface area contributed by atoms with Crippen molar-refractivity contribution in [2.75, 3.05) is 20.3 Å². The molecule has 3 atom stereocenters. The molecule has 12 nitrogen and oxygen atoms in total. The summed E-state index contributed by atoms with van der Waals surface area (Å²) in [5.41, 5.74) is 8.78. The molecule has 55 heavy (non-hydrogen) atoms. The number of amides is 2. The second-order valence-electron chi connectivity index (χ2n) is 16.5. The number of ether oxygens (including phenoxy) is 2. The van der Waals surface area contributed by atoms with E-state index in [0.717, 1.165) is 56.2 Å². The summed E-state index contributed by atoms with van der Waals surface area (Å²) in [7, 11) is 1.69. The van der Waals surface area contributed by atoms with E-state index in [9.17, 15) is 19.5 Å². The number of aromatic nitrogens is 3. The lowest BCUT2D eigenvalue weighted by molar-refractivity contribution is -0.155. The van der Waals surface area contributed by atoms with Gasteiger partial charge < -0.3 is 24.5 Å². The normalized spacial score (nSPS) is 25.3. The number of fused-ring (bicyclic) bond motifs is 6. The maximum absolute atomic E-state index is 14.2. The van der Waals surface area contributed by atoms with Gasteiger partial charge in [0.25, 0.3) is 5.91 Å². The number of nitrogens with zero attached hydrogens (tertiary/aromatic N) is 4. The van der Waals surface area contributed by atoms with E-state index in [1.165, 1.54) is 16.3 Å². The van der Waals surface area contributed by atoms with E-state index in [2.05, 4.69) is 60.3 Å². The molecule has 1 saturated heterocycles. The van der Waals surface area contributed by atoms with Gasteiger partial charge in [0, 0.05) is 71.6 Å². The average molecular weight is 771 g/mol. The lowest BCUT2D eigenvalue weighted by atomic mass is 9.79. The van der Waals surface area contributed by atoms with Gasteiger partial charge in [0.15, 0.2) is 0 Å². The first kappa shape index (κ1) is 39.1. The fraction of sp³-hybridized carbons (Fsp3) is 0.548. The molecule has 0 spiro atoms. The quantitative estimate of drug-likeness (QED) is 0.197. The zero-order valence-electron chi connectivity index (χ0n) is 32.8. The molecule has 0 unspecified atom stereocenters. The number of benzene rings is 1. The van der Waals surface area contributed by atoms with Crippen molar-refractivity contribution in [2.24, 2.45) is 11.3 Å². The van der Waals surface area contributed by atoms with E-state index in [0.29, 0.717) is 51.5 Å². The molecule has 3 aliphatic rings. The predicted octanol–water partition coefficient (Wildman–Crippen LogP) is 6.14. The fourth-order valence-electron chi connectivity index (χ4n) is 8.36. The first-order valence-corrected chi connectivity index (χ1v) is 20.5. The molecule has 3 aromatic heterocycles. The number of rotatable bonds is 6. The van der Waals surface area contributed by atoms with Crippen molar-refractivity contribution in [3.63, 3.8) is 0 Å². The third kappa shape index (κ3) is 8.21. The molecule has 5 heterocycles. The third-order valence-corrected chi connectivity index (χ3v) is 12.5. The van der Waals surface area contributed by atoms with Gasteiger partial charge in [-0.1, -0.05) is 19.9 Å². The summed E-state index contributed by atoms with van der Waals surface area (Å²) in [5, 5.41) is 18.8. The number of aryl methyl sites for hydroxylation is 1. The minimum atomic E-state index is -0.896. The van der Waals surface area contributed by atoms with E-state index in [1.54, 1.807) is 20.2 Å². The Balaban J connectivity index is 1.32. The zero-order chi connectivity index (χ0) is 39.1. The van der Waals surface area contributed by atoms with Crippen LogP contribution in [0.4, 0.5) is 0 Å². The predicted molar refractivity (Wildman–Crippen MR) is 212 cm³/mol. The molecular weight excluding hydrogens is 717 g/mol. The van der Waals surface area contributed by atoms with Crippen LogP contribution in [0.2, 0.25) is 0 Å². The number of methoxy groups -OCH3 is 1. The van der Waals surface area contributed by atoms with Gasteiger partial charge in [-0.2, -0.15) is 0 Å². The highest BCUT2D eigenvalue weighted by Gasteiger charge is 2.38. The van der Waals surface area contributed by atoms with E-state index in [-0.39, 0.29) is 36.9 Å². The average Bonchev–Trinajstić information content (AvgIpc) is 3.77. The molecule has 7 rings (SSSR count). The van der Waals surface area contributed by atoms with Crippen molar-refractivity contribution in [2.45, 2.75) is 116 Å².